The Kier molecular flexibility index (Phi) is 5.20. The molecule has 7 nitrogen and oxygen atoms in total. The maximum Gasteiger partial charge on any atom is 0.312 e. The van der Waals surface area contributed by atoms with Gasteiger partial charge in [-0.15, -0.1) is 0 Å². The molecule has 3 rings (SSSR count). The quantitative estimate of drug-likeness (QED) is 0.649. The number of nitrogens with one attached hydrogen (secondary N) is 1. The molecule has 2 unspecified atom stereocenters. The van der Waals surface area contributed by atoms with Crippen LogP contribution < -0.4 is 10.1 Å². The van der Waals surface area contributed by atoms with Crippen LogP contribution in [0.15, 0.2) is 18.2 Å². The van der Waals surface area contributed by atoms with Crippen LogP contribution in [0.3, 0.4) is 0 Å². The number of carbonyl (C=O) groups is 1. The number of ether oxygens (including phenoxy) is 1. The third kappa shape index (κ3) is 3.96. The van der Waals surface area contributed by atoms with E-state index in [1.54, 1.807) is 0 Å². The van der Waals surface area contributed by atoms with E-state index in [4.69, 9.17) is 16.3 Å². The summed E-state index contributed by atoms with van der Waals surface area (Å²) in [5.41, 5.74) is -0.189. The average Bonchev–Trinajstić information content (AvgIpc) is 2.87. The highest BCUT2D eigenvalue weighted by atomic mass is 35.5. The van der Waals surface area contributed by atoms with Gasteiger partial charge in [-0.3, -0.25) is 14.9 Å². The fourth-order valence-corrected chi connectivity index (χ4v) is 3.50. The van der Waals surface area contributed by atoms with E-state index in [0.717, 1.165) is 25.9 Å². The predicted octanol–water partition coefficient (Wildman–Crippen LogP) is 2.37. The molecule has 2 atom stereocenters. The number of hydrogen-bond donors (Lipinski definition) is 1. The van der Waals surface area contributed by atoms with Gasteiger partial charge in [-0.1, -0.05) is 11.6 Å². The zero-order valence-electron chi connectivity index (χ0n) is 13.2. The molecule has 2 aliphatic rings. The molecule has 0 saturated carbocycles. The molecule has 0 spiro atoms. The molecule has 24 heavy (non-hydrogen) atoms. The highest BCUT2D eigenvalue weighted by Gasteiger charge is 2.30. The number of fused-ring (bicyclic) bond motifs is 2. The summed E-state index contributed by atoms with van der Waals surface area (Å²) in [5, 5.41) is 14.8. The van der Waals surface area contributed by atoms with Crippen molar-refractivity contribution in [1.29, 1.82) is 0 Å². The van der Waals surface area contributed by atoms with E-state index in [1.165, 1.54) is 24.6 Å². The Bertz CT molecular complexity index is 640. The van der Waals surface area contributed by atoms with Crippen LogP contribution in [0.1, 0.15) is 25.7 Å². The van der Waals surface area contributed by atoms with Crippen LogP contribution in [0.2, 0.25) is 5.02 Å². The third-order valence-electron chi connectivity index (χ3n) is 4.57. The lowest BCUT2D eigenvalue weighted by Crippen LogP contribution is -2.39. The van der Waals surface area contributed by atoms with Crippen molar-refractivity contribution >= 4 is 23.2 Å². The van der Waals surface area contributed by atoms with Gasteiger partial charge in [-0.25, -0.2) is 0 Å². The lowest BCUT2D eigenvalue weighted by atomic mass is 10.1. The van der Waals surface area contributed by atoms with E-state index in [1.807, 2.05) is 4.90 Å². The van der Waals surface area contributed by atoms with Gasteiger partial charge >= 0.3 is 5.69 Å². The zero-order chi connectivity index (χ0) is 17.1. The molecule has 1 aromatic carbocycles. The van der Waals surface area contributed by atoms with Gasteiger partial charge in [0.15, 0.2) is 5.75 Å². The molecule has 2 aliphatic heterocycles. The number of amides is 1. The molecule has 0 radical (unpaired) electrons. The molecule has 2 heterocycles. The Morgan fingerprint density at radius 1 is 1.38 bits per heavy atom. The van der Waals surface area contributed by atoms with Crippen LogP contribution in [-0.2, 0) is 4.79 Å². The fourth-order valence-electron chi connectivity index (χ4n) is 3.33. The first-order valence-electron chi connectivity index (χ1n) is 8.13. The number of nitro benzene ring substituents is 1. The zero-order valence-corrected chi connectivity index (χ0v) is 14.0. The number of rotatable bonds is 5. The van der Waals surface area contributed by atoms with Crippen LogP contribution in [-0.4, -0.2) is 47.5 Å². The molecule has 2 fully saturated rings. The van der Waals surface area contributed by atoms with Gasteiger partial charge in [0.2, 0.25) is 5.91 Å². The SMILES string of the molecule is O=C(CCOc1ccc(Cl)cc1[N+](=O)[O-])N1CCC2CCC(C1)N2. The maximum absolute atomic E-state index is 12.4. The number of hydrogen-bond acceptors (Lipinski definition) is 5. The summed E-state index contributed by atoms with van der Waals surface area (Å²) in [6.07, 6.45) is 3.49. The van der Waals surface area contributed by atoms with E-state index < -0.39 is 4.92 Å². The summed E-state index contributed by atoms with van der Waals surface area (Å²) in [6, 6.07) is 5.15. The van der Waals surface area contributed by atoms with Crippen LogP contribution in [0, 0.1) is 10.1 Å². The standard InChI is InChI=1S/C16H20ClN3O4/c17-11-1-4-15(14(9-11)20(22)23)24-8-6-16(21)19-7-5-12-2-3-13(10-19)18-12/h1,4,9,12-13,18H,2-3,5-8,10H2. The molecule has 0 aromatic heterocycles. The summed E-state index contributed by atoms with van der Waals surface area (Å²) >= 11 is 5.77. The Hall–Kier alpha value is -1.86. The number of likely N-dealkylation sites (tertiary alicyclic amines) is 1. The molecule has 1 N–H and O–H groups in total. The van der Waals surface area contributed by atoms with Crippen molar-refractivity contribution in [3.63, 3.8) is 0 Å². The molecular weight excluding hydrogens is 334 g/mol. The summed E-state index contributed by atoms with van der Waals surface area (Å²) in [7, 11) is 0. The molecule has 1 amide bonds. The number of nitrogens with zero attached hydrogens (tertiary/aromatic N) is 2. The minimum absolute atomic E-state index is 0.0287. The van der Waals surface area contributed by atoms with Gasteiger partial charge < -0.3 is 15.0 Å². The Balaban J connectivity index is 1.53. The van der Waals surface area contributed by atoms with E-state index in [0.29, 0.717) is 12.1 Å². The van der Waals surface area contributed by atoms with Crippen molar-refractivity contribution in [2.45, 2.75) is 37.8 Å². The summed E-state index contributed by atoms with van der Waals surface area (Å²) in [4.78, 5) is 24.7. The first-order chi connectivity index (χ1) is 11.5. The molecule has 2 saturated heterocycles. The minimum atomic E-state index is -0.541. The molecule has 1 aromatic rings. The highest BCUT2D eigenvalue weighted by molar-refractivity contribution is 6.30. The smallest absolute Gasteiger partial charge is 0.312 e. The van der Waals surface area contributed by atoms with Crippen molar-refractivity contribution in [2.24, 2.45) is 0 Å². The second kappa shape index (κ2) is 7.36. The van der Waals surface area contributed by atoms with E-state index in [-0.39, 0.29) is 35.4 Å². The molecule has 2 bridgehead atoms. The number of nitro groups is 1. The van der Waals surface area contributed by atoms with Crippen molar-refractivity contribution < 1.29 is 14.5 Å². The molecule has 0 aliphatic carbocycles. The molecule has 8 heteroatoms. The summed E-state index contributed by atoms with van der Waals surface area (Å²) in [6.45, 7) is 1.60. The lowest BCUT2D eigenvalue weighted by molar-refractivity contribution is -0.385. The second-order valence-electron chi connectivity index (χ2n) is 6.23. The average molecular weight is 354 g/mol. The van der Waals surface area contributed by atoms with Gasteiger partial charge in [-0.05, 0) is 31.4 Å². The van der Waals surface area contributed by atoms with Crippen molar-refractivity contribution in [2.75, 3.05) is 19.7 Å². The Labute approximate surface area is 145 Å². The maximum atomic E-state index is 12.4. The number of carbonyl (C=O) groups excluding carboxylic acids is 1. The monoisotopic (exact) mass is 353 g/mol. The van der Waals surface area contributed by atoms with Gasteiger partial charge in [-0.2, -0.15) is 0 Å². The minimum Gasteiger partial charge on any atom is -0.486 e. The van der Waals surface area contributed by atoms with Crippen LogP contribution in [0.5, 0.6) is 5.75 Å². The van der Waals surface area contributed by atoms with E-state index in [2.05, 4.69) is 5.32 Å². The molecule has 130 valence electrons. The van der Waals surface area contributed by atoms with Crippen molar-refractivity contribution in [3.05, 3.63) is 33.3 Å². The topological polar surface area (TPSA) is 84.7 Å². The third-order valence-corrected chi connectivity index (χ3v) is 4.80. The second-order valence-corrected chi connectivity index (χ2v) is 6.67. The van der Waals surface area contributed by atoms with E-state index in [9.17, 15) is 14.9 Å². The van der Waals surface area contributed by atoms with E-state index >= 15 is 0 Å². The van der Waals surface area contributed by atoms with Gasteiger partial charge in [0.1, 0.15) is 0 Å². The first kappa shape index (κ1) is 17.0. The number of halogens is 1. The predicted molar refractivity (Wildman–Crippen MR) is 89.4 cm³/mol. The number of benzene rings is 1. The fraction of sp³-hybridized carbons (Fsp3) is 0.562. The van der Waals surface area contributed by atoms with Gasteiger partial charge in [0.25, 0.3) is 0 Å². The summed E-state index contributed by atoms with van der Waals surface area (Å²) in [5.74, 6) is 0.162. The molecular formula is C16H20ClN3O4. The lowest BCUT2D eigenvalue weighted by Gasteiger charge is -2.24. The van der Waals surface area contributed by atoms with Gasteiger partial charge in [0, 0.05) is 36.3 Å². The normalized spacial score (nSPS) is 23.0. The van der Waals surface area contributed by atoms with Crippen molar-refractivity contribution in [1.82, 2.24) is 10.2 Å². The Morgan fingerprint density at radius 3 is 2.96 bits per heavy atom. The van der Waals surface area contributed by atoms with Crippen molar-refractivity contribution in [3.8, 4) is 5.75 Å². The largest absolute Gasteiger partial charge is 0.486 e. The first-order valence-corrected chi connectivity index (χ1v) is 8.51. The summed E-state index contributed by atoms with van der Waals surface area (Å²) < 4.78 is 5.44. The van der Waals surface area contributed by atoms with Crippen LogP contribution in [0.4, 0.5) is 5.69 Å². The Morgan fingerprint density at radius 2 is 2.17 bits per heavy atom. The van der Waals surface area contributed by atoms with Crippen LogP contribution >= 0.6 is 11.6 Å². The highest BCUT2D eigenvalue weighted by Crippen LogP contribution is 2.30. The van der Waals surface area contributed by atoms with Crippen LogP contribution in [0.25, 0.3) is 0 Å². The van der Waals surface area contributed by atoms with Gasteiger partial charge in [0.05, 0.1) is 18.0 Å².